The molecule has 1 aliphatic heterocycles. The minimum atomic E-state index is 0.590. The number of hydrogen-bond acceptors (Lipinski definition) is 5. The Labute approximate surface area is 157 Å². The summed E-state index contributed by atoms with van der Waals surface area (Å²) >= 11 is 0. The van der Waals surface area contributed by atoms with Crippen molar-refractivity contribution in [3.63, 3.8) is 0 Å². The summed E-state index contributed by atoms with van der Waals surface area (Å²) in [5.41, 5.74) is 4.19. The molecule has 4 aromatic rings. The number of para-hydroxylation sites is 1. The number of fused-ring (bicyclic) bond motifs is 1. The van der Waals surface area contributed by atoms with Gasteiger partial charge in [0, 0.05) is 24.0 Å². The van der Waals surface area contributed by atoms with Crippen molar-refractivity contribution >= 4 is 16.7 Å². The van der Waals surface area contributed by atoms with E-state index in [0.29, 0.717) is 5.82 Å². The fourth-order valence-electron chi connectivity index (χ4n) is 3.92. The molecule has 1 saturated heterocycles. The molecule has 0 radical (unpaired) electrons. The fourth-order valence-corrected chi connectivity index (χ4v) is 3.92. The number of piperidine rings is 1. The number of aromatic amines is 1. The SMILES string of the molecule is c1ccc(-c2c(-c3nn[nH]n3)c(N3CCCCC3)nc3ccccc23)cc1. The zero-order valence-corrected chi connectivity index (χ0v) is 15.0. The zero-order chi connectivity index (χ0) is 18.1. The van der Waals surface area contributed by atoms with Crippen LogP contribution >= 0.6 is 0 Å². The molecule has 0 amide bonds. The molecule has 2 aromatic carbocycles. The summed E-state index contributed by atoms with van der Waals surface area (Å²) in [5.74, 6) is 1.54. The summed E-state index contributed by atoms with van der Waals surface area (Å²) in [4.78, 5) is 7.41. The van der Waals surface area contributed by atoms with E-state index in [1.807, 2.05) is 12.1 Å². The standard InChI is InChI=1S/C21H20N6/c1-3-9-15(10-4-1)18-16-11-5-6-12-17(16)22-21(27-13-7-2-8-14-27)19(18)20-23-25-26-24-20/h1,3-6,9-12H,2,7-8,13-14H2,(H,23,24,25,26). The Morgan fingerprint density at radius 2 is 1.59 bits per heavy atom. The first-order chi connectivity index (χ1) is 13.4. The second-order valence-corrected chi connectivity index (χ2v) is 6.85. The van der Waals surface area contributed by atoms with E-state index in [1.54, 1.807) is 0 Å². The maximum atomic E-state index is 5.05. The summed E-state index contributed by atoms with van der Waals surface area (Å²) in [6, 6.07) is 18.7. The van der Waals surface area contributed by atoms with Gasteiger partial charge in [0.15, 0.2) is 0 Å². The van der Waals surface area contributed by atoms with E-state index in [1.165, 1.54) is 19.3 Å². The van der Waals surface area contributed by atoms with Crippen LogP contribution in [0.25, 0.3) is 33.4 Å². The lowest BCUT2D eigenvalue weighted by Gasteiger charge is -2.30. The number of hydrogen-bond donors (Lipinski definition) is 1. The Morgan fingerprint density at radius 3 is 2.37 bits per heavy atom. The third-order valence-electron chi connectivity index (χ3n) is 5.16. The van der Waals surface area contributed by atoms with Gasteiger partial charge in [-0.1, -0.05) is 48.5 Å². The van der Waals surface area contributed by atoms with Crippen LogP contribution in [0, 0.1) is 0 Å². The van der Waals surface area contributed by atoms with Crippen molar-refractivity contribution in [3.05, 3.63) is 54.6 Å². The van der Waals surface area contributed by atoms with Gasteiger partial charge < -0.3 is 4.90 Å². The highest BCUT2D eigenvalue weighted by atomic mass is 15.5. The van der Waals surface area contributed by atoms with Gasteiger partial charge in [-0.3, -0.25) is 0 Å². The van der Waals surface area contributed by atoms with E-state index >= 15 is 0 Å². The van der Waals surface area contributed by atoms with Gasteiger partial charge in [-0.05, 0) is 36.1 Å². The monoisotopic (exact) mass is 356 g/mol. The summed E-state index contributed by atoms with van der Waals surface area (Å²) in [6.45, 7) is 2.01. The maximum Gasteiger partial charge on any atom is 0.209 e. The van der Waals surface area contributed by atoms with Crippen LogP contribution in [-0.4, -0.2) is 38.7 Å². The lowest BCUT2D eigenvalue weighted by molar-refractivity contribution is 0.574. The number of pyridine rings is 1. The molecule has 1 N–H and O–H groups in total. The molecule has 0 aliphatic carbocycles. The topological polar surface area (TPSA) is 70.6 Å². The van der Waals surface area contributed by atoms with Crippen LogP contribution in [0.15, 0.2) is 54.6 Å². The van der Waals surface area contributed by atoms with Crippen molar-refractivity contribution in [2.75, 3.05) is 18.0 Å². The highest BCUT2D eigenvalue weighted by molar-refractivity contribution is 6.05. The van der Waals surface area contributed by atoms with E-state index in [9.17, 15) is 0 Å². The normalized spacial score (nSPS) is 14.6. The van der Waals surface area contributed by atoms with Gasteiger partial charge in [0.1, 0.15) is 5.82 Å². The minimum absolute atomic E-state index is 0.590. The lowest BCUT2D eigenvalue weighted by Crippen LogP contribution is -2.31. The average Bonchev–Trinajstić information content (AvgIpc) is 3.28. The highest BCUT2D eigenvalue weighted by Gasteiger charge is 2.25. The Balaban J connectivity index is 1.87. The number of nitrogens with zero attached hydrogens (tertiary/aromatic N) is 5. The first-order valence-electron chi connectivity index (χ1n) is 9.39. The van der Waals surface area contributed by atoms with Crippen molar-refractivity contribution in [1.29, 1.82) is 0 Å². The molecule has 27 heavy (non-hydrogen) atoms. The summed E-state index contributed by atoms with van der Waals surface area (Å²) in [6.07, 6.45) is 3.63. The predicted molar refractivity (Wildman–Crippen MR) is 106 cm³/mol. The van der Waals surface area contributed by atoms with Crippen LogP contribution in [0.4, 0.5) is 5.82 Å². The van der Waals surface area contributed by atoms with Crippen molar-refractivity contribution in [2.45, 2.75) is 19.3 Å². The summed E-state index contributed by atoms with van der Waals surface area (Å²) in [7, 11) is 0. The van der Waals surface area contributed by atoms with E-state index < -0.39 is 0 Å². The van der Waals surface area contributed by atoms with Crippen molar-refractivity contribution in [2.24, 2.45) is 0 Å². The molecule has 1 aliphatic rings. The summed E-state index contributed by atoms with van der Waals surface area (Å²) < 4.78 is 0. The minimum Gasteiger partial charge on any atom is -0.356 e. The number of H-pyrrole nitrogens is 1. The van der Waals surface area contributed by atoms with Crippen LogP contribution in [0.5, 0.6) is 0 Å². The molecule has 0 unspecified atom stereocenters. The molecule has 0 spiro atoms. The molecule has 134 valence electrons. The molecule has 1 fully saturated rings. The van der Waals surface area contributed by atoms with E-state index in [4.69, 9.17) is 4.98 Å². The van der Waals surface area contributed by atoms with Gasteiger partial charge in [0.05, 0.1) is 11.1 Å². The van der Waals surface area contributed by atoms with Gasteiger partial charge >= 0.3 is 0 Å². The van der Waals surface area contributed by atoms with Crippen LogP contribution in [0.3, 0.4) is 0 Å². The van der Waals surface area contributed by atoms with E-state index in [-0.39, 0.29) is 0 Å². The molecule has 3 heterocycles. The van der Waals surface area contributed by atoms with Crippen LogP contribution in [-0.2, 0) is 0 Å². The zero-order valence-electron chi connectivity index (χ0n) is 15.0. The Bertz CT molecular complexity index is 1050. The lowest BCUT2D eigenvalue weighted by atomic mass is 9.94. The average molecular weight is 356 g/mol. The maximum absolute atomic E-state index is 5.05. The number of rotatable bonds is 3. The fraction of sp³-hybridized carbons (Fsp3) is 0.238. The van der Waals surface area contributed by atoms with Gasteiger partial charge in [0.2, 0.25) is 5.82 Å². The third-order valence-corrected chi connectivity index (χ3v) is 5.16. The molecule has 0 saturated carbocycles. The molecule has 0 atom stereocenters. The van der Waals surface area contributed by atoms with E-state index in [0.717, 1.165) is 46.5 Å². The van der Waals surface area contributed by atoms with Gasteiger partial charge in [-0.2, -0.15) is 5.21 Å². The Morgan fingerprint density at radius 1 is 0.815 bits per heavy atom. The van der Waals surface area contributed by atoms with Crippen LogP contribution in [0.2, 0.25) is 0 Å². The molecule has 6 heteroatoms. The Hall–Kier alpha value is -3.28. The number of aromatic nitrogens is 5. The van der Waals surface area contributed by atoms with E-state index in [2.05, 4.69) is 68.0 Å². The second kappa shape index (κ2) is 6.79. The van der Waals surface area contributed by atoms with Gasteiger partial charge in [-0.25, -0.2) is 4.98 Å². The highest BCUT2D eigenvalue weighted by Crippen LogP contribution is 2.41. The summed E-state index contributed by atoms with van der Waals surface area (Å²) in [5, 5.41) is 16.2. The number of benzene rings is 2. The largest absolute Gasteiger partial charge is 0.356 e. The molecule has 0 bridgehead atoms. The van der Waals surface area contributed by atoms with Crippen molar-refractivity contribution in [3.8, 4) is 22.5 Å². The third kappa shape index (κ3) is 2.83. The van der Waals surface area contributed by atoms with Crippen molar-refractivity contribution < 1.29 is 0 Å². The number of tetrazole rings is 1. The van der Waals surface area contributed by atoms with Crippen molar-refractivity contribution in [1.82, 2.24) is 25.6 Å². The second-order valence-electron chi connectivity index (χ2n) is 6.85. The first kappa shape index (κ1) is 15.9. The van der Waals surface area contributed by atoms with Crippen LogP contribution < -0.4 is 4.90 Å². The number of nitrogens with one attached hydrogen (secondary N) is 1. The molecule has 6 nitrogen and oxygen atoms in total. The van der Waals surface area contributed by atoms with Gasteiger partial charge in [0.25, 0.3) is 0 Å². The molecular weight excluding hydrogens is 336 g/mol. The molecule has 5 rings (SSSR count). The quantitative estimate of drug-likeness (QED) is 0.599. The van der Waals surface area contributed by atoms with Crippen LogP contribution in [0.1, 0.15) is 19.3 Å². The first-order valence-corrected chi connectivity index (χ1v) is 9.39. The molecular formula is C21H20N6. The predicted octanol–water partition coefficient (Wildman–Crippen LogP) is 4.07. The smallest absolute Gasteiger partial charge is 0.209 e. The number of anilines is 1. The Kier molecular flexibility index (Phi) is 4.01. The van der Waals surface area contributed by atoms with Gasteiger partial charge in [-0.15, -0.1) is 10.2 Å². The molecule has 2 aromatic heterocycles.